The van der Waals surface area contributed by atoms with Gasteiger partial charge in [-0.25, -0.2) is 8.42 Å². The molecule has 0 radical (unpaired) electrons. The van der Waals surface area contributed by atoms with Crippen molar-refractivity contribution in [3.05, 3.63) is 62.6 Å². The second-order valence-electron chi connectivity index (χ2n) is 9.22. The molecule has 2 amide bonds. The molecule has 0 saturated heterocycles. The number of benzene rings is 2. The SMILES string of the molecule is CCC(C(=O)NCC(C)C)N(Cc1c(Cl)cccc1Cl)C(=O)CN(c1cc(C(F)(F)F)ccc1Cl)S(C)(=O)=O. The van der Waals surface area contributed by atoms with Crippen molar-refractivity contribution in [2.24, 2.45) is 5.92 Å². The minimum atomic E-state index is -4.79. The van der Waals surface area contributed by atoms with Crippen LogP contribution in [-0.2, 0) is 32.3 Å². The summed E-state index contributed by atoms with van der Waals surface area (Å²) in [6.45, 7) is 4.55. The van der Waals surface area contributed by atoms with Gasteiger partial charge in [-0.2, -0.15) is 13.2 Å². The Labute approximate surface area is 241 Å². The Bertz CT molecular complexity index is 1290. The van der Waals surface area contributed by atoms with E-state index in [0.29, 0.717) is 28.5 Å². The lowest BCUT2D eigenvalue weighted by molar-refractivity contribution is -0.140. The Balaban J connectivity index is 2.59. The summed E-state index contributed by atoms with van der Waals surface area (Å²) in [6, 6.07) is 5.76. The van der Waals surface area contributed by atoms with Crippen molar-refractivity contribution in [1.82, 2.24) is 10.2 Å². The maximum atomic E-state index is 13.7. The summed E-state index contributed by atoms with van der Waals surface area (Å²) < 4.78 is 66.1. The summed E-state index contributed by atoms with van der Waals surface area (Å²) in [7, 11) is -4.31. The smallest absolute Gasteiger partial charge is 0.354 e. The third-order valence-electron chi connectivity index (χ3n) is 5.68. The zero-order valence-corrected chi connectivity index (χ0v) is 24.7. The second-order valence-corrected chi connectivity index (χ2v) is 12.3. The van der Waals surface area contributed by atoms with Crippen LogP contribution < -0.4 is 9.62 Å². The molecule has 2 aromatic rings. The summed E-state index contributed by atoms with van der Waals surface area (Å²) in [5, 5.41) is 2.85. The first kappa shape index (κ1) is 33.0. The molecule has 39 heavy (non-hydrogen) atoms. The number of halogens is 6. The predicted molar refractivity (Wildman–Crippen MR) is 148 cm³/mol. The number of amides is 2. The van der Waals surface area contributed by atoms with E-state index >= 15 is 0 Å². The van der Waals surface area contributed by atoms with E-state index in [1.54, 1.807) is 13.0 Å². The fourth-order valence-corrected chi connectivity index (χ4v) is 5.31. The zero-order chi connectivity index (χ0) is 29.7. The minimum Gasteiger partial charge on any atom is -0.354 e. The first-order valence-corrected chi connectivity index (χ1v) is 14.8. The number of carbonyl (C=O) groups is 2. The van der Waals surface area contributed by atoms with E-state index in [-0.39, 0.29) is 34.0 Å². The normalized spacial score (nSPS) is 12.8. The number of carbonyl (C=O) groups excluding carboxylic acids is 2. The summed E-state index contributed by atoms with van der Waals surface area (Å²) >= 11 is 18.7. The zero-order valence-electron chi connectivity index (χ0n) is 21.7. The van der Waals surface area contributed by atoms with Gasteiger partial charge >= 0.3 is 6.18 Å². The van der Waals surface area contributed by atoms with Crippen molar-refractivity contribution < 1.29 is 31.2 Å². The van der Waals surface area contributed by atoms with Gasteiger partial charge < -0.3 is 10.2 Å². The second kappa shape index (κ2) is 13.4. The molecule has 1 N–H and O–H groups in total. The van der Waals surface area contributed by atoms with E-state index in [2.05, 4.69) is 5.32 Å². The van der Waals surface area contributed by atoms with Crippen LogP contribution in [0.3, 0.4) is 0 Å². The Hall–Kier alpha value is -2.21. The number of sulfonamides is 1. The number of hydrogen-bond donors (Lipinski definition) is 1. The molecule has 1 atom stereocenters. The Morgan fingerprint density at radius 1 is 1.03 bits per heavy atom. The first-order chi connectivity index (χ1) is 18.0. The molecule has 0 saturated carbocycles. The molecule has 2 aromatic carbocycles. The molecule has 0 fully saturated rings. The number of alkyl halides is 3. The van der Waals surface area contributed by atoms with Gasteiger partial charge in [0.25, 0.3) is 0 Å². The van der Waals surface area contributed by atoms with Crippen LogP contribution in [0, 0.1) is 5.92 Å². The van der Waals surface area contributed by atoms with Crippen molar-refractivity contribution in [1.29, 1.82) is 0 Å². The van der Waals surface area contributed by atoms with Crippen LogP contribution in [-0.4, -0.2) is 50.5 Å². The quantitative estimate of drug-likeness (QED) is 0.330. The van der Waals surface area contributed by atoms with E-state index in [1.165, 1.54) is 12.1 Å². The van der Waals surface area contributed by atoms with Gasteiger partial charge in [0, 0.05) is 28.7 Å². The van der Waals surface area contributed by atoms with Gasteiger partial charge in [-0.05, 0) is 42.7 Å². The highest BCUT2D eigenvalue weighted by Gasteiger charge is 2.35. The van der Waals surface area contributed by atoms with Gasteiger partial charge in [0.2, 0.25) is 21.8 Å². The van der Waals surface area contributed by atoms with Crippen LogP contribution in [0.15, 0.2) is 36.4 Å². The molecular weight excluding hydrogens is 602 g/mol. The standard InChI is InChI=1S/C25H29Cl3F3N3O4S/c1-5-21(24(36)32-12-15(2)3)33(13-17-18(26)7-6-8-19(17)27)23(35)14-34(39(4,37)38)22-11-16(25(29,30)31)9-10-20(22)28/h6-11,15,21H,5,12-14H2,1-4H3,(H,32,36). The summed E-state index contributed by atoms with van der Waals surface area (Å²) in [5.41, 5.74) is -1.37. The van der Waals surface area contributed by atoms with Crippen LogP contribution in [0.4, 0.5) is 18.9 Å². The molecule has 0 bridgehead atoms. The van der Waals surface area contributed by atoms with Gasteiger partial charge in [0.1, 0.15) is 12.6 Å². The highest BCUT2D eigenvalue weighted by molar-refractivity contribution is 7.92. The summed E-state index contributed by atoms with van der Waals surface area (Å²) in [4.78, 5) is 27.9. The van der Waals surface area contributed by atoms with Crippen molar-refractivity contribution >= 4 is 62.3 Å². The van der Waals surface area contributed by atoms with Gasteiger partial charge in [-0.1, -0.05) is 61.6 Å². The molecular formula is C25H29Cl3F3N3O4S. The third kappa shape index (κ3) is 8.89. The highest BCUT2D eigenvalue weighted by atomic mass is 35.5. The minimum absolute atomic E-state index is 0.109. The molecule has 0 spiro atoms. The number of anilines is 1. The summed E-state index contributed by atoms with van der Waals surface area (Å²) in [5.74, 6) is -1.26. The molecule has 2 rings (SSSR count). The van der Waals surface area contributed by atoms with Crippen LogP contribution >= 0.6 is 34.8 Å². The van der Waals surface area contributed by atoms with Crippen molar-refractivity contribution in [2.45, 2.75) is 46.0 Å². The third-order valence-corrected chi connectivity index (χ3v) is 7.84. The Morgan fingerprint density at radius 3 is 2.10 bits per heavy atom. The average Bonchev–Trinajstić information content (AvgIpc) is 2.81. The van der Waals surface area contributed by atoms with Gasteiger partial charge in [0.05, 0.1) is 22.5 Å². The van der Waals surface area contributed by atoms with E-state index < -0.39 is 51.9 Å². The number of nitrogens with one attached hydrogen (secondary N) is 1. The van der Waals surface area contributed by atoms with E-state index in [4.69, 9.17) is 34.8 Å². The van der Waals surface area contributed by atoms with Gasteiger partial charge in [-0.3, -0.25) is 13.9 Å². The maximum absolute atomic E-state index is 13.7. The number of hydrogen-bond acceptors (Lipinski definition) is 4. The average molecular weight is 631 g/mol. The molecule has 216 valence electrons. The lowest BCUT2D eigenvalue weighted by Crippen LogP contribution is -2.52. The Morgan fingerprint density at radius 2 is 1.62 bits per heavy atom. The van der Waals surface area contributed by atoms with Crippen LogP contribution in [0.5, 0.6) is 0 Å². The van der Waals surface area contributed by atoms with Crippen molar-refractivity contribution in [3.8, 4) is 0 Å². The molecule has 1 unspecified atom stereocenters. The topological polar surface area (TPSA) is 86.8 Å². The number of nitrogens with zero attached hydrogens (tertiary/aromatic N) is 2. The monoisotopic (exact) mass is 629 g/mol. The van der Waals surface area contributed by atoms with E-state index in [0.717, 1.165) is 17.2 Å². The van der Waals surface area contributed by atoms with Crippen LogP contribution in [0.2, 0.25) is 15.1 Å². The highest BCUT2D eigenvalue weighted by Crippen LogP contribution is 2.36. The fraction of sp³-hybridized carbons (Fsp3) is 0.440. The van der Waals surface area contributed by atoms with Crippen molar-refractivity contribution in [2.75, 3.05) is 23.7 Å². The Kier molecular flexibility index (Phi) is 11.4. The lowest BCUT2D eigenvalue weighted by Gasteiger charge is -2.33. The largest absolute Gasteiger partial charge is 0.416 e. The van der Waals surface area contributed by atoms with E-state index in [1.807, 2.05) is 13.8 Å². The molecule has 0 aromatic heterocycles. The molecule has 7 nitrogen and oxygen atoms in total. The molecule has 14 heteroatoms. The molecule has 0 aliphatic carbocycles. The fourth-order valence-electron chi connectivity index (χ4n) is 3.67. The predicted octanol–water partition coefficient (Wildman–Crippen LogP) is 6.01. The molecule has 0 aliphatic heterocycles. The first-order valence-electron chi connectivity index (χ1n) is 11.8. The molecule has 0 aliphatic rings. The van der Waals surface area contributed by atoms with Crippen molar-refractivity contribution in [3.63, 3.8) is 0 Å². The number of rotatable bonds is 11. The van der Waals surface area contributed by atoms with Crippen LogP contribution in [0.25, 0.3) is 0 Å². The summed E-state index contributed by atoms with van der Waals surface area (Å²) in [6.07, 6.45) is -3.92. The molecule has 0 heterocycles. The van der Waals surface area contributed by atoms with Gasteiger partial charge in [0.15, 0.2) is 0 Å². The maximum Gasteiger partial charge on any atom is 0.416 e. The van der Waals surface area contributed by atoms with Crippen LogP contribution in [0.1, 0.15) is 38.3 Å². The van der Waals surface area contributed by atoms with Gasteiger partial charge in [-0.15, -0.1) is 0 Å². The van der Waals surface area contributed by atoms with E-state index in [9.17, 15) is 31.2 Å². The lowest BCUT2D eigenvalue weighted by atomic mass is 10.1.